The standard InChI is InChI=1S/C18H20ClN3O2/c1-2-20-18(24)13-7-9-15(10-8-13)21-12-17(23)22-11-14-5-3-4-6-16(14)19/h3-10,21H,2,11-12H2,1H3,(H,20,24)(H,22,23). The van der Waals surface area contributed by atoms with Crippen LogP contribution in [0.1, 0.15) is 22.8 Å². The summed E-state index contributed by atoms with van der Waals surface area (Å²) in [5, 5.41) is 9.19. The minimum atomic E-state index is -0.136. The molecule has 3 N–H and O–H groups in total. The van der Waals surface area contributed by atoms with Crippen LogP contribution in [0, 0.1) is 0 Å². The number of hydrogen-bond acceptors (Lipinski definition) is 3. The second-order valence-corrected chi connectivity index (χ2v) is 5.57. The minimum absolute atomic E-state index is 0.110. The molecule has 0 bridgehead atoms. The second-order valence-electron chi connectivity index (χ2n) is 5.16. The van der Waals surface area contributed by atoms with E-state index in [2.05, 4.69) is 16.0 Å². The number of anilines is 1. The molecule has 0 aliphatic heterocycles. The van der Waals surface area contributed by atoms with Crippen molar-refractivity contribution in [1.29, 1.82) is 0 Å². The van der Waals surface area contributed by atoms with Gasteiger partial charge in [-0.3, -0.25) is 9.59 Å². The molecular weight excluding hydrogens is 326 g/mol. The molecule has 0 fully saturated rings. The Balaban J connectivity index is 1.79. The van der Waals surface area contributed by atoms with Crippen LogP contribution in [0.25, 0.3) is 0 Å². The molecule has 2 amide bonds. The Hall–Kier alpha value is -2.53. The largest absolute Gasteiger partial charge is 0.376 e. The summed E-state index contributed by atoms with van der Waals surface area (Å²) in [6.07, 6.45) is 0. The molecule has 0 unspecified atom stereocenters. The predicted octanol–water partition coefficient (Wildman–Crippen LogP) is 2.82. The van der Waals surface area contributed by atoms with Crippen LogP contribution in [0.2, 0.25) is 5.02 Å². The quantitative estimate of drug-likeness (QED) is 0.722. The summed E-state index contributed by atoms with van der Waals surface area (Å²) in [4.78, 5) is 23.5. The van der Waals surface area contributed by atoms with Gasteiger partial charge in [-0.1, -0.05) is 29.8 Å². The third-order valence-corrected chi connectivity index (χ3v) is 3.74. The minimum Gasteiger partial charge on any atom is -0.376 e. The topological polar surface area (TPSA) is 70.2 Å². The maximum atomic E-state index is 11.9. The SMILES string of the molecule is CCNC(=O)c1ccc(NCC(=O)NCc2ccccc2Cl)cc1. The molecule has 24 heavy (non-hydrogen) atoms. The van der Waals surface area contributed by atoms with Gasteiger partial charge in [-0.25, -0.2) is 0 Å². The number of amides is 2. The normalized spacial score (nSPS) is 10.1. The third-order valence-electron chi connectivity index (χ3n) is 3.37. The summed E-state index contributed by atoms with van der Waals surface area (Å²) in [5.41, 5.74) is 2.24. The number of halogens is 1. The summed E-state index contributed by atoms with van der Waals surface area (Å²) >= 11 is 6.04. The number of rotatable bonds is 7. The highest BCUT2D eigenvalue weighted by Crippen LogP contribution is 2.14. The zero-order chi connectivity index (χ0) is 17.4. The zero-order valence-corrected chi connectivity index (χ0v) is 14.2. The summed E-state index contributed by atoms with van der Waals surface area (Å²) in [7, 11) is 0. The van der Waals surface area contributed by atoms with Gasteiger partial charge in [0.1, 0.15) is 0 Å². The molecule has 0 spiro atoms. The molecule has 2 aromatic rings. The first-order chi connectivity index (χ1) is 11.6. The van der Waals surface area contributed by atoms with Gasteiger partial charge in [0.2, 0.25) is 5.91 Å². The van der Waals surface area contributed by atoms with E-state index in [0.717, 1.165) is 11.3 Å². The summed E-state index contributed by atoms with van der Waals surface area (Å²) in [5.74, 6) is -0.246. The molecule has 0 saturated carbocycles. The predicted molar refractivity (Wildman–Crippen MR) is 96.2 cm³/mol. The van der Waals surface area contributed by atoms with Crippen LogP contribution < -0.4 is 16.0 Å². The lowest BCUT2D eigenvalue weighted by atomic mass is 10.2. The Labute approximate surface area is 146 Å². The van der Waals surface area contributed by atoms with Crippen LogP contribution in [-0.4, -0.2) is 24.9 Å². The highest BCUT2D eigenvalue weighted by molar-refractivity contribution is 6.31. The molecule has 0 aromatic heterocycles. The molecule has 2 aromatic carbocycles. The van der Waals surface area contributed by atoms with Gasteiger partial charge in [0, 0.05) is 29.4 Å². The van der Waals surface area contributed by atoms with Crippen molar-refractivity contribution in [2.45, 2.75) is 13.5 Å². The van der Waals surface area contributed by atoms with Crippen LogP contribution in [-0.2, 0) is 11.3 Å². The Bertz CT molecular complexity index is 702. The van der Waals surface area contributed by atoms with E-state index >= 15 is 0 Å². The van der Waals surface area contributed by atoms with E-state index in [4.69, 9.17) is 11.6 Å². The summed E-state index contributed by atoms with van der Waals surface area (Å²) < 4.78 is 0. The van der Waals surface area contributed by atoms with E-state index < -0.39 is 0 Å². The molecule has 6 heteroatoms. The lowest BCUT2D eigenvalue weighted by Gasteiger charge is -2.09. The number of hydrogen-bond donors (Lipinski definition) is 3. The van der Waals surface area contributed by atoms with E-state index in [-0.39, 0.29) is 18.4 Å². The van der Waals surface area contributed by atoms with Gasteiger partial charge >= 0.3 is 0 Å². The molecule has 0 radical (unpaired) electrons. The van der Waals surface area contributed by atoms with Crippen LogP contribution in [0.5, 0.6) is 0 Å². The first kappa shape index (κ1) is 17.8. The van der Waals surface area contributed by atoms with Crippen molar-refractivity contribution in [3.8, 4) is 0 Å². The molecule has 0 aliphatic carbocycles. The van der Waals surface area contributed by atoms with Crippen LogP contribution >= 0.6 is 11.6 Å². The molecule has 2 rings (SSSR count). The van der Waals surface area contributed by atoms with Crippen LogP contribution in [0.3, 0.4) is 0 Å². The molecule has 0 saturated heterocycles. The molecule has 126 valence electrons. The Morgan fingerprint density at radius 1 is 1.00 bits per heavy atom. The van der Waals surface area contributed by atoms with Crippen molar-refractivity contribution in [1.82, 2.24) is 10.6 Å². The van der Waals surface area contributed by atoms with Crippen molar-refractivity contribution in [3.63, 3.8) is 0 Å². The molecular formula is C18H20ClN3O2. The average molecular weight is 346 g/mol. The van der Waals surface area contributed by atoms with Gasteiger partial charge < -0.3 is 16.0 Å². The smallest absolute Gasteiger partial charge is 0.251 e. The molecule has 0 aliphatic rings. The highest BCUT2D eigenvalue weighted by Gasteiger charge is 2.05. The first-order valence-electron chi connectivity index (χ1n) is 7.72. The summed E-state index contributed by atoms with van der Waals surface area (Å²) in [6, 6.07) is 14.4. The highest BCUT2D eigenvalue weighted by atomic mass is 35.5. The fourth-order valence-corrected chi connectivity index (χ4v) is 2.29. The Kier molecular flexibility index (Phi) is 6.63. The van der Waals surface area contributed by atoms with E-state index in [1.165, 1.54) is 0 Å². The van der Waals surface area contributed by atoms with E-state index in [1.807, 2.05) is 25.1 Å². The van der Waals surface area contributed by atoms with Gasteiger partial charge in [0.15, 0.2) is 0 Å². The lowest BCUT2D eigenvalue weighted by molar-refractivity contribution is -0.119. The van der Waals surface area contributed by atoms with E-state index in [0.29, 0.717) is 23.7 Å². The van der Waals surface area contributed by atoms with Crippen molar-refractivity contribution < 1.29 is 9.59 Å². The monoisotopic (exact) mass is 345 g/mol. The lowest BCUT2D eigenvalue weighted by Crippen LogP contribution is -2.29. The fourth-order valence-electron chi connectivity index (χ4n) is 2.08. The van der Waals surface area contributed by atoms with Gasteiger partial charge in [-0.05, 0) is 42.8 Å². The number of carbonyl (C=O) groups excluding carboxylic acids is 2. The second kappa shape index (κ2) is 8.93. The van der Waals surface area contributed by atoms with E-state index in [9.17, 15) is 9.59 Å². The van der Waals surface area contributed by atoms with Gasteiger partial charge in [0.25, 0.3) is 5.91 Å². The van der Waals surface area contributed by atoms with Crippen molar-refractivity contribution in [2.24, 2.45) is 0 Å². The van der Waals surface area contributed by atoms with Crippen molar-refractivity contribution in [2.75, 3.05) is 18.4 Å². The molecule has 0 atom stereocenters. The van der Waals surface area contributed by atoms with E-state index in [1.54, 1.807) is 30.3 Å². The van der Waals surface area contributed by atoms with Gasteiger partial charge in [-0.2, -0.15) is 0 Å². The fraction of sp³-hybridized carbons (Fsp3) is 0.222. The number of carbonyl (C=O) groups is 2. The Morgan fingerprint density at radius 2 is 1.71 bits per heavy atom. The number of nitrogens with one attached hydrogen (secondary N) is 3. The Morgan fingerprint density at radius 3 is 2.38 bits per heavy atom. The molecule has 0 heterocycles. The maximum absolute atomic E-state index is 11.9. The third kappa shape index (κ3) is 5.28. The number of benzene rings is 2. The molecule has 5 nitrogen and oxygen atoms in total. The van der Waals surface area contributed by atoms with Crippen LogP contribution in [0.15, 0.2) is 48.5 Å². The van der Waals surface area contributed by atoms with Crippen molar-refractivity contribution >= 4 is 29.1 Å². The first-order valence-corrected chi connectivity index (χ1v) is 8.10. The van der Waals surface area contributed by atoms with Gasteiger partial charge in [0.05, 0.1) is 6.54 Å². The maximum Gasteiger partial charge on any atom is 0.251 e. The van der Waals surface area contributed by atoms with Gasteiger partial charge in [-0.15, -0.1) is 0 Å². The zero-order valence-electron chi connectivity index (χ0n) is 13.4. The summed E-state index contributed by atoms with van der Waals surface area (Å²) in [6.45, 7) is 2.99. The van der Waals surface area contributed by atoms with Crippen molar-refractivity contribution in [3.05, 3.63) is 64.7 Å². The average Bonchev–Trinajstić information content (AvgIpc) is 2.60. The van der Waals surface area contributed by atoms with Crippen LogP contribution in [0.4, 0.5) is 5.69 Å².